The number of hydrogen-bond acceptors (Lipinski definition) is 29. The molecule has 0 radical (unpaired) electrons. The first kappa shape index (κ1) is 70.8. The molecule has 29 nitrogen and oxygen atoms in total. The second kappa shape index (κ2) is 31.2. The average molecular weight is 1050 g/mol. The van der Waals surface area contributed by atoms with E-state index in [4.69, 9.17) is 56.8 Å². The summed E-state index contributed by atoms with van der Waals surface area (Å²) in [6.45, 7) is -2.05. The van der Waals surface area contributed by atoms with Crippen molar-refractivity contribution in [3.8, 4) is 0 Å². The zero-order valence-corrected chi connectivity index (χ0v) is 49.0. The number of rotatable bonds is 22. The van der Waals surface area contributed by atoms with Gasteiger partial charge in [-0.25, -0.2) is 33.7 Å². The van der Waals surface area contributed by atoms with Gasteiger partial charge in [0.25, 0.3) is 0 Å². The van der Waals surface area contributed by atoms with Crippen molar-refractivity contribution >= 4 is 47.3 Å². The van der Waals surface area contributed by atoms with Crippen LogP contribution >= 0.6 is 0 Å². The van der Waals surface area contributed by atoms with Crippen molar-refractivity contribution in [2.24, 2.45) is 0 Å². The SMILES string of the molecule is CO[C@H]1O[C@H](COCS(=O)(=O)[O-])[C@@H](O[C@@H]2O[C@H](C(=O)[O-])[C@@H](O[C@H]3O[C@H](COS(=O)(=O)[O-])[C@@H](OC)[C@H](OC)[C@H]3OC)[C@H](OC)[C@H]2OC)[C@H](OS(=O)(=O)[O-])[C@H]1OS(=O)(=O)[O-].[Na+].[Na+].[Na+].[Na+].[Na+]. The normalized spacial score (nSPS) is 33.8. The van der Waals surface area contributed by atoms with E-state index in [2.05, 4.69) is 12.5 Å². The number of hydrogen-bond donors (Lipinski definition) is 0. The summed E-state index contributed by atoms with van der Waals surface area (Å²) in [4.78, 5) is 12.7. The van der Waals surface area contributed by atoms with Crippen LogP contribution in [-0.4, -0.2) is 212 Å². The van der Waals surface area contributed by atoms with Gasteiger partial charge in [0.15, 0.2) is 25.0 Å². The molecule has 0 aromatic carbocycles. The summed E-state index contributed by atoms with van der Waals surface area (Å²) in [7, 11) is -15.9. The minimum Gasteiger partial charge on any atom is -0.746 e. The monoisotopic (exact) mass is 1050 g/mol. The summed E-state index contributed by atoms with van der Waals surface area (Å²) in [5.74, 6) is -3.63. The van der Waals surface area contributed by atoms with Crippen LogP contribution in [0, 0.1) is 0 Å². The van der Waals surface area contributed by atoms with Crippen molar-refractivity contribution in [3.05, 3.63) is 0 Å². The van der Waals surface area contributed by atoms with Gasteiger partial charge in [0.2, 0.25) is 31.2 Å². The third kappa shape index (κ3) is 21.6. The Hall–Kier alpha value is 3.51. The molecule has 63 heavy (non-hydrogen) atoms. The number of carboxylic acids is 1. The molecule has 3 heterocycles. The zero-order valence-electron chi connectivity index (χ0n) is 35.8. The summed E-state index contributed by atoms with van der Waals surface area (Å²) in [6, 6.07) is 0. The number of aliphatic carboxylic acids is 1. The van der Waals surface area contributed by atoms with E-state index in [1.807, 2.05) is 0 Å². The molecule has 0 aromatic heterocycles. The molecule has 0 bridgehead atoms. The molecular formula is C25H39Na5O29S4. The van der Waals surface area contributed by atoms with Gasteiger partial charge in [0.05, 0.1) is 19.2 Å². The Kier molecular flexibility index (Phi) is 35.0. The standard InChI is InChI=1S/C25H44O29S4.5Na/c1-40-12-11(8-47-56(31,32)33)49-24(19(43-4)14(12)41-2)51-16-15(42-3)20(44-5)25(52-18(16)22(26)27)50-13-10(7-46-9-55(28,29)30)48-23(45-6)21(54-58(37,38)39)17(13)53-57(34,35)36;;;;;/h10-21,23-25H,7-9H2,1-6H3,(H,26,27)(H,28,29,30)(H,31,32,33)(H,34,35,36)(H,37,38,39);;;;;/q;5*+1/p-5/t10-,11-,12-,13-,14+,15+,16+,17+,18+,19-,20-,21-,23+,24-,25-;;;;;/m1...../s1. The fourth-order valence-electron chi connectivity index (χ4n) is 6.28. The third-order valence-corrected chi connectivity index (χ3v) is 10.2. The van der Waals surface area contributed by atoms with Crippen molar-refractivity contribution in [1.29, 1.82) is 0 Å². The maximum Gasteiger partial charge on any atom is 1.00 e. The molecule has 342 valence electrons. The minimum absolute atomic E-state index is 0. The van der Waals surface area contributed by atoms with Crippen LogP contribution in [0.25, 0.3) is 0 Å². The van der Waals surface area contributed by atoms with Crippen molar-refractivity contribution < 1.29 is 279 Å². The van der Waals surface area contributed by atoms with Gasteiger partial charge in [-0.2, -0.15) is 0 Å². The molecule has 0 saturated carbocycles. The number of ether oxygens (including phenoxy) is 12. The van der Waals surface area contributed by atoms with Gasteiger partial charge < -0.3 is 85.0 Å². The quantitative estimate of drug-likeness (QED) is 0.0552. The Labute approximate surface area is 473 Å². The summed E-state index contributed by atoms with van der Waals surface area (Å²) in [5.41, 5.74) is 0. The topological polar surface area (TPSA) is 407 Å². The number of carboxylic acid groups (broad SMARTS) is 1. The molecule has 15 atom stereocenters. The molecule has 0 aliphatic carbocycles. The second-order valence-electron chi connectivity index (χ2n) is 11.9. The van der Waals surface area contributed by atoms with Crippen LogP contribution in [0.4, 0.5) is 0 Å². The van der Waals surface area contributed by atoms with Crippen LogP contribution in [0.2, 0.25) is 0 Å². The Bertz CT molecular complexity index is 1800. The first-order valence-corrected chi connectivity index (χ1v) is 21.4. The van der Waals surface area contributed by atoms with Gasteiger partial charge in [-0.1, -0.05) is 0 Å². The van der Waals surface area contributed by atoms with Crippen LogP contribution in [-0.2, 0) is 116 Å². The smallest absolute Gasteiger partial charge is 0.746 e. The van der Waals surface area contributed by atoms with Gasteiger partial charge in [0.1, 0.15) is 83.2 Å². The van der Waals surface area contributed by atoms with E-state index >= 15 is 0 Å². The molecule has 3 aliphatic rings. The van der Waals surface area contributed by atoms with E-state index in [-0.39, 0.29) is 148 Å². The molecule has 0 amide bonds. The fourth-order valence-corrected chi connectivity index (χ4v) is 7.84. The largest absolute Gasteiger partial charge is 1.00 e. The van der Waals surface area contributed by atoms with Crippen molar-refractivity contribution in [1.82, 2.24) is 0 Å². The summed E-state index contributed by atoms with van der Waals surface area (Å²) < 4.78 is 217. The molecule has 0 spiro atoms. The van der Waals surface area contributed by atoms with E-state index in [1.165, 1.54) is 14.2 Å². The molecule has 3 fully saturated rings. The maximum absolute atomic E-state index is 12.7. The first-order valence-electron chi connectivity index (χ1n) is 15.9. The molecule has 0 aromatic rings. The average Bonchev–Trinajstić information content (AvgIpc) is 3.10. The Morgan fingerprint density at radius 2 is 0.889 bits per heavy atom. The van der Waals surface area contributed by atoms with Crippen LogP contribution in [0.5, 0.6) is 0 Å². The maximum atomic E-state index is 12.7. The van der Waals surface area contributed by atoms with Gasteiger partial charge in [-0.15, -0.1) is 0 Å². The molecule has 3 aliphatic heterocycles. The van der Waals surface area contributed by atoms with Crippen molar-refractivity contribution in [3.63, 3.8) is 0 Å². The van der Waals surface area contributed by atoms with Crippen LogP contribution < -0.4 is 153 Å². The van der Waals surface area contributed by atoms with Crippen LogP contribution in [0.1, 0.15) is 0 Å². The number of methoxy groups -OCH3 is 6. The summed E-state index contributed by atoms with van der Waals surface area (Å²) >= 11 is 0. The molecule has 38 heteroatoms. The van der Waals surface area contributed by atoms with E-state index in [1.54, 1.807) is 0 Å². The predicted molar refractivity (Wildman–Crippen MR) is 167 cm³/mol. The van der Waals surface area contributed by atoms with Gasteiger partial charge in [-0.05, 0) is 0 Å². The van der Waals surface area contributed by atoms with Crippen LogP contribution in [0.3, 0.4) is 0 Å². The van der Waals surface area contributed by atoms with E-state index in [0.29, 0.717) is 0 Å². The molecular weight excluding hydrogens is 1010 g/mol. The second-order valence-corrected chi connectivity index (χ2v) is 16.4. The van der Waals surface area contributed by atoms with Crippen molar-refractivity contribution in [2.45, 2.75) is 92.1 Å². The van der Waals surface area contributed by atoms with E-state index < -0.39 is 159 Å². The predicted octanol–water partition coefficient (Wildman–Crippen LogP) is -21.9. The Morgan fingerprint density at radius 3 is 1.30 bits per heavy atom. The van der Waals surface area contributed by atoms with E-state index in [9.17, 15) is 61.8 Å². The number of carbonyl (C=O) groups excluding carboxylic acids is 1. The van der Waals surface area contributed by atoms with Gasteiger partial charge in [-0.3, -0.25) is 12.5 Å². The molecule has 3 rings (SSSR count). The molecule has 3 saturated heterocycles. The summed E-state index contributed by atoms with van der Waals surface area (Å²) in [5, 5.41) is 12.7. The third-order valence-electron chi connectivity index (χ3n) is 8.43. The van der Waals surface area contributed by atoms with Crippen LogP contribution in [0.15, 0.2) is 0 Å². The number of carbonyl (C=O) groups is 1. The Balaban J connectivity index is -0.00000720. The Morgan fingerprint density at radius 1 is 0.476 bits per heavy atom. The fraction of sp³-hybridized carbons (Fsp3) is 0.960. The first-order chi connectivity index (χ1) is 26.8. The molecule has 0 N–H and O–H groups in total. The van der Waals surface area contributed by atoms with Gasteiger partial charge >= 0.3 is 148 Å². The van der Waals surface area contributed by atoms with E-state index in [0.717, 1.165) is 28.4 Å². The van der Waals surface area contributed by atoms with Crippen molar-refractivity contribution in [2.75, 3.05) is 61.8 Å². The molecule has 0 unspecified atom stereocenters. The van der Waals surface area contributed by atoms with Gasteiger partial charge in [0, 0.05) is 42.7 Å². The zero-order chi connectivity index (χ0) is 44.0. The summed E-state index contributed by atoms with van der Waals surface area (Å²) in [6.07, 6.45) is -28.5. The minimum atomic E-state index is -5.94.